The van der Waals surface area contributed by atoms with Crippen LogP contribution in [0.3, 0.4) is 0 Å². The van der Waals surface area contributed by atoms with Crippen molar-refractivity contribution in [3.8, 4) is 0 Å². The number of carbonyl (C=O) groups is 1. The van der Waals surface area contributed by atoms with Crippen LogP contribution in [0.15, 0.2) is 0 Å². The lowest BCUT2D eigenvalue weighted by Gasteiger charge is -2.35. The molecule has 0 spiro atoms. The molecule has 2 aliphatic rings. The summed E-state index contributed by atoms with van der Waals surface area (Å²) in [5.41, 5.74) is 5.13. The first-order valence-corrected chi connectivity index (χ1v) is 6.84. The van der Waals surface area contributed by atoms with E-state index in [4.69, 9.17) is 5.73 Å². The third kappa shape index (κ3) is 2.63. The molecular weight excluding hydrogens is 216 g/mol. The van der Waals surface area contributed by atoms with Gasteiger partial charge in [-0.1, -0.05) is 19.8 Å². The van der Waals surface area contributed by atoms with Gasteiger partial charge in [0.25, 0.3) is 0 Å². The topological polar surface area (TPSA) is 66.6 Å². The number of nitrogens with two attached hydrogens (primary N) is 1. The average molecular weight is 240 g/mol. The van der Waals surface area contributed by atoms with Crippen LogP contribution in [0.1, 0.15) is 45.4 Å². The van der Waals surface area contributed by atoms with Gasteiger partial charge in [0.1, 0.15) is 5.54 Å². The molecule has 2 rings (SSSR count). The number of hydrogen-bond donors (Lipinski definition) is 2. The van der Waals surface area contributed by atoms with Crippen molar-refractivity contribution in [3.63, 3.8) is 0 Å². The van der Waals surface area contributed by atoms with E-state index in [2.05, 4.69) is 11.8 Å². The molecule has 0 amide bonds. The van der Waals surface area contributed by atoms with Crippen molar-refractivity contribution in [1.82, 2.24) is 4.90 Å². The summed E-state index contributed by atoms with van der Waals surface area (Å²) in [5, 5.41) is 9.38. The van der Waals surface area contributed by atoms with Gasteiger partial charge in [-0.2, -0.15) is 0 Å². The van der Waals surface area contributed by atoms with Gasteiger partial charge in [-0.3, -0.25) is 9.69 Å². The van der Waals surface area contributed by atoms with Crippen molar-refractivity contribution < 1.29 is 9.90 Å². The molecule has 0 bridgehead atoms. The summed E-state index contributed by atoms with van der Waals surface area (Å²) in [7, 11) is 0. The maximum atomic E-state index is 11.4. The van der Waals surface area contributed by atoms with Gasteiger partial charge >= 0.3 is 5.97 Å². The molecule has 0 saturated heterocycles. The molecule has 0 aromatic carbocycles. The van der Waals surface area contributed by atoms with Crippen molar-refractivity contribution >= 4 is 5.97 Å². The molecule has 2 saturated carbocycles. The molecule has 0 aromatic heterocycles. The highest BCUT2D eigenvalue weighted by atomic mass is 16.4. The van der Waals surface area contributed by atoms with Crippen LogP contribution in [0.25, 0.3) is 0 Å². The van der Waals surface area contributed by atoms with E-state index < -0.39 is 11.5 Å². The summed E-state index contributed by atoms with van der Waals surface area (Å²) in [6, 6.07) is 0.557. The highest BCUT2D eigenvalue weighted by Crippen LogP contribution is 2.39. The van der Waals surface area contributed by atoms with Crippen LogP contribution < -0.4 is 5.73 Å². The fourth-order valence-electron chi connectivity index (χ4n) is 3.07. The SMILES string of the molecule is CCN(CC(N)(C(=O)O)C1CC1)C1CCCC1. The van der Waals surface area contributed by atoms with E-state index in [1.807, 2.05) is 0 Å². The highest BCUT2D eigenvalue weighted by molar-refractivity contribution is 5.79. The number of aliphatic carboxylic acids is 1. The second-order valence-corrected chi connectivity index (χ2v) is 5.62. The summed E-state index contributed by atoms with van der Waals surface area (Å²) in [6.07, 6.45) is 6.91. The van der Waals surface area contributed by atoms with Crippen molar-refractivity contribution in [3.05, 3.63) is 0 Å². The van der Waals surface area contributed by atoms with Crippen LogP contribution in [-0.2, 0) is 4.79 Å². The van der Waals surface area contributed by atoms with Gasteiger partial charge in [0.15, 0.2) is 0 Å². The molecule has 0 aromatic rings. The maximum Gasteiger partial charge on any atom is 0.325 e. The van der Waals surface area contributed by atoms with Crippen LogP contribution in [-0.4, -0.2) is 40.6 Å². The molecule has 4 heteroatoms. The molecule has 1 unspecified atom stereocenters. The minimum Gasteiger partial charge on any atom is -0.480 e. The van der Waals surface area contributed by atoms with Crippen LogP contribution in [0, 0.1) is 5.92 Å². The maximum absolute atomic E-state index is 11.4. The lowest BCUT2D eigenvalue weighted by atomic mass is 9.93. The molecule has 3 N–H and O–H groups in total. The van der Waals surface area contributed by atoms with E-state index in [0.717, 1.165) is 19.4 Å². The van der Waals surface area contributed by atoms with Crippen molar-refractivity contribution in [2.45, 2.75) is 57.0 Å². The van der Waals surface area contributed by atoms with Gasteiger partial charge in [-0.15, -0.1) is 0 Å². The zero-order chi connectivity index (χ0) is 12.5. The van der Waals surface area contributed by atoms with E-state index in [9.17, 15) is 9.90 Å². The lowest BCUT2D eigenvalue weighted by Crippen LogP contribution is -2.59. The Morgan fingerprint density at radius 1 is 1.35 bits per heavy atom. The van der Waals surface area contributed by atoms with E-state index in [0.29, 0.717) is 12.6 Å². The number of nitrogens with zero attached hydrogens (tertiary/aromatic N) is 1. The number of hydrogen-bond acceptors (Lipinski definition) is 3. The van der Waals surface area contributed by atoms with Gasteiger partial charge in [-0.05, 0) is 38.1 Å². The van der Waals surface area contributed by atoms with Gasteiger partial charge in [-0.25, -0.2) is 0 Å². The minimum atomic E-state index is -1.02. The smallest absolute Gasteiger partial charge is 0.325 e. The Morgan fingerprint density at radius 2 is 1.94 bits per heavy atom. The molecule has 0 radical (unpaired) electrons. The molecular formula is C13H24N2O2. The lowest BCUT2D eigenvalue weighted by molar-refractivity contribution is -0.145. The summed E-state index contributed by atoms with van der Waals surface area (Å²) < 4.78 is 0. The Balaban J connectivity index is 2.02. The quantitative estimate of drug-likeness (QED) is 0.737. The largest absolute Gasteiger partial charge is 0.480 e. The number of carboxylic acid groups (broad SMARTS) is 1. The normalized spacial score (nSPS) is 25.1. The molecule has 2 aliphatic carbocycles. The Hall–Kier alpha value is -0.610. The molecule has 98 valence electrons. The van der Waals surface area contributed by atoms with Crippen molar-refractivity contribution in [1.29, 1.82) is 0 Å². The van der Waals surface area contributed by atoms with E-state index in [1.54, 1.807) is 0 Å². The first-order valence-electron chi connectivity index (χ1n) is 6.84. The number of carboxylic acids is 1. The fraction of sp³-hybridized carbons (Fsp3) is 0.923. The predicted molar refractivity (Wildman–Crippen MR) is 66.8 cm³/mol. The first kappa shape index (κ1) is 12.8. The Labute approximate surface area is 103 Å². The first-order chi connectivity index (χ1) is 8.08. The van der Waals surface area contributed by atoms with Crippen LogP contribution in [0.2, 0.25) is 0 Å². The number of likely N-dealkylation sites (N-methyl/N-ethyl adjacent to an activating group) is 1. The molecule has 0 aliphatic heterocycles. The van der Waals surface area contributed by atoms with Crippen molar-refractivity contribution in [2.75, 3.05) is 13.1 Å². The molecule has 2 fully saturated rings. The molecule has 0 heterocycles. The molecule has 4 nitrogen and oxygen atoms in total. The number of rotatable bonds is 6. The highest BCUT2D eigenvalue weighted by Gasteiger charge is 2.49. The zero-order valence-electron chi connectivity index (χ0n) is 10.7. The van der Waals surface area contributed by atoms with Gasteiger partial charge in [0.2, 0.25) is 0 Å². The van der Waals surface area contributed by atoms with E-state index in [-0.39, 0.29) is 5.92 Å². The van der Waals surface area contributed by atoms with Crippen LogP contribution >= 0.6 is 0 Å². The van der Waals surface area contributed by atoms with Crippen molar-refractivity contribution in [2.24, 2.45) is 11.7 Å². The van der Waals surface area contributed by atoms with Gasteiger partial charge < -0.3 is 10.8 Å². The summed E-state index contributed by atoms with van der Waals surface area (Å²) in [4.78, 5) is 13.7. The second kappa shape index (κ2) is 4.94. The van der Waals surface area contributed by atoms with E-state index in [1.165, 1.54) is 25.7 Å². The predicted octanol–water partition coefficient (Wildman–Crippen LogP) is 1.44. The van der Waals surface area contributed by atoms with E-state index >= 15 is 0 Å². The monoisotopic (exact) mass is 240 g/mol. The molecule has 1 atom stereocenters. The molecule has 17 heavy (non-hydrogen) atoms. The fourth-order valence-corrected chi connectivity index (χ4v) is 3.07. The summed E-state index contributed by atoms with van der Waals surface area (Å²) in [5.74, 6) is -0.632. The Kier molecular flexibility index (Phi) is 3.73. The van der Waals surface area contributed by atoms with Crippen LogP contribution in [0.5, 0.6) is 0 Å². The standard InChI is InChI=1S/C13H24N2O2/c1-2-15(11-5-3-4-6-11)9-13(14,12(16)17)10-7-8-10/h10-11H,2-9,14H2,1H3,(H,16,17). The van der Waals surface area contributed by atoms with Gasteiger partial charge in [0.05, 0.1) is 0 Å². The average Bonchev–Trinajstić information content (AvgIpc) is 3.02. The summed E-state index contributed by atoms with van der Waals surface area (Å²) >= 11 is 0. The third-order valence-electron chi connectivity index (χ3n) is 4.42. The summed E-state index contributed by atoms with van der Waals surface area (Å²) in [6.45, 7) is 3.53. The zero-order valence-corrected chi connectivity index (χ0v) is 10.7. The Bertz CT molecular complexity index is 285. The second-order valence-electron chi connectivity index (χ2n) is 5.62. The van der Waals surface area contributed by atoms with Gasteiger partial charge in [0, 0.05) is 12.6 Å². The van der Waals surface area contributed by atoms with Crippen LogP contribution in [0.4, 0.5) is 0 Å². The third-order valence-corrected chi connectivity index (χ3v) is 4.42. The minimum absolute atomic E-state index is 0.190. The Morgan fingerprint density at radius 3 is 2.35 bits per heavy atom.